The summed E-state index contributed by atoms with van der Waals surface area (Å²) >= 11 is 0. The number of hydrogen-bond donors (Lipinski definition) is 4. The number of quaternary nitrogens is 1. The zero-order valence-corrected chi connectivity index (χ0v) is 17.9. The molecule has 7 heteroatoms. The van der Waals surface area contributed by atoms with E-state index in [-0.39, 0.29) is 36.5 Å². The van der Waals surface area contributed by atoms with E-state index in [1.165, 1.54) is 19.3 Å². The van der Waals surface area contributed by atoms with Gasteiger partial charge in [-0.3, -0.25) is 14.9 Å². The molecule has 0 radical (unpaired) electrons. The monoisotopic (exact) mass is 413 g/mol. The van der Waals surface area contributed by atoms with Gasteiger partial charge in [-0.2, -0.15) is 0 Å². The average molecular weight is 414 g/mol. The largest absolute Gasteiger partial charge is 0.332 e. The number of hydrogen-bond acceptors (Lipinski definition) is 3. The fraction of sp³-hybridized carbons (Fsp3) is 0.609. The van der Waals surface area contributed by atoms with Gasteiger partial charge in [0.2, 0.25) is 0 Å². The summed E-state index contributed by atoms with van der Waals surface area (Å²) < 4.78 is 0. The van der Waals surface area contributed by atoms with E-state index in [1.807, 2.05) is 31.2 Å². The molecule has 4 saturated carbocycles. The molecule has 4 fully saturated rings. The lowest BCUT2D eigenvalue weighted by Crippen LogP contribution is -3.11. The number of imide groups is 1. The molecule has 162 valence electrons. The van der Waals surface area contributed by atoms with Crippen molar-refractivity contribution in [2.45, 2.75) is 51.0 Å². The molecule has 1 unspecified atom stereocenters. The second-order valence-electron chi connectivity index (χ2n) is 9.93. The maximum Gasteiger partial charge on any atom is 0.322 e. The lowest BCUT2D eigenvalue weighted by atomic mass is 9.53. The molecule has 4 aliphatic rings. The van der Waals surface area contributed by atoms with E-state index < -0.39 is 0 Å². The first-order valence-electron chi connectivity index (χ1n) is 11.1. The Balaban J connectivity index is 1.20. The molecule has 1 atom stereocenters. The minimum atomic E-state index is -0.390. The highest BCUT2D eigenvalue weighted by molar-refractivity contribution is 5.95. The number of nitrogens with one attached hydrogen (secondary N) is 4. The number of likely N-dealkylation sites (N-methyl/N-ethyl adjacent to an activating group) is 1. The maximum absolute atomic E-state index is 12.5. The summed E-state index contributed by atoms with van der Waals surface area (Å²) in [7, 11) is 1.77. The van der Waals surface area contributed by atoms with Crippen LogP contribution in [-0.4, -0.2) is 43.5 Å². The van der Waals surface area contributed by atoms with Crippen molar-refractivity contribution in [1.29, 1.82) is 0 Å². The van der Waals surface area contributed by atoms with Crippen molar-refractivity contribution in [1.82, 2.24) is 10.6 Å². The number of carbonyl (C=O) groups is 3. The van der Waals surface area contributed by atoms with Crippen LogP contribution in [0.1, 0.15) is 44.1 Å². The lowest BCUT2D eigenvalue weighted by Gasteiger charge is -2.56. The van der Waals surface area contributed by atoms with Gasteiger partial charge in [0, 0.05) is 11.2 Å². The molecule has 4 N–H and O–H groups in total. The Hall–Kier alpha value is -2.41. The van der Waals surface area contributed by atoms with Crippen molar-refractivity contribution in [3.63, 3.8) is 0 Å². The summed E-state index contributed by atoms with van der Waals surface area (Å²) in [5, 5.41) is 8.45. The van der Waals surface area contributed by atoms with Gasteiger partial charge in [-0.15, -0.1) is 0 Å². The normalized spacial score (nSPS) is 29.9. The van der Waals surface area contributed by atoms with Crippen LogP contribution in [0, 0.1) is 24.7 Å². The fourth-order valence-electron chi connectivity index (χ4n) is 6.16. The van der Waals surface area contributed by atoms with E-state index >= 15 is 0 Å². The van der Waals surface area contributed by atoms with Crippen molar-refractivity contribution < 1.29 is 19.3 Å². The zero-order valence-electron chi connectivity index (χ0n) is 17.9. The standard InChI is InChI=1S/C23H32N4O3/c1-15-3-5-19(6-4-15)24-20(28)13-27(2)14-21(29)25-22(30)26-23-10-16-7-17(11-23)9-18(8-16)12-23/h3-6,16-18H,7-14H2,1-2H3,(H,24,28)(H2,25,26,29,30)/p+1. The molecule has 0 aromatic heterocycles. The number of rotatable bonds is 6. The number of amides is 4. The third-order valence-corrected chi connectivity index (χ3v) is 6.93. The molecule has 0 spiro atoms. The van der Waals surface area contributed by atoms with Gasteiger partial charge in [-0.05, 0) is 75.3 Å². The molecule has 4 aliphatic carbocycles. The summed E-state index contributed by atoms with van der Waals surface area (Å²) in [6.07, 6.45) is 7.06. The lowest BCUT2D eigenvalue weighted by molar-refractivity contribution is -0.862. The minimum Gasteiger partial charge on any atom is -0.332 e. The van der Waals surface area contributed by atoms with Gasteiger partial charge >= 0.3 is 6.03 Å². The Kier molecular flexibility index (Phi) is 5.82. The van der Waals surface area contributed by atoms with E-state index in [0.717, 1.165) is 53.2 Å². The Bertz CT molecular complexity index is 785. The Morgan fingerprint density at radius 2 is 1.47 bits per heavy atom. The molecule has 0 aliphatic heterocycles. The molecule has 4 bridgehead atoms. The Labute approximate surface area is 178 Å². The molecule has 1 aromatic carbocycles. The second-order valence-corrected chi connectivity index (χ2v) is 9.93. The first-order chi connectivity index (χ1) is 14.3. The first-order valence-corrected chi connectivity index (χ1v) is 11.1. The quantitative estimate of drug-likeness (QED) is 0.566. The van der Waals surface area contributed by atoms with Gasteiger partial charge in [0.25, 0.3) is 11.8 Å². The van der Waals surface area contributed by atoms with Crippen LogP contribution in [0.3, 0.4) is 0 Å². The van der Waals surface area contributed by atoms with Crippen molar-refractivity contribution in [2.75, 3.05) is 25.5 Å². The summed E-state index contributed by atoms with van der Waals surface area (Å²) in [5.74, 6) is 1.67. The van der Waals surface area contributed by atoms with Gasteiger partial charge in [0.1, 0.15) is 0 Å². The third-order valence-electron chi connectivity index (χ3n) is 6.93. The van der Waals surface area contributed by atoms with Crippen molar-refractivity contribution >= 4 is 23.5 Å². The summed E-state index contributed by atoms with van der Waals surface area (Å²) in [6.45, 7) is 2.20. The highest BCUT2D eigenvalue weighted by Gasteiger charge is 2.51. The molecule has 0 saturated heterocycles. The summed E-state index contributed by atoms with van der Waals surface area (Å²) in [5.41, 5.74) is 1.74. The van der Waals surface area contributed by atoms with Gasteiger partial charge < -0.3 is 15.5 Å². The van der Waals surface area contributed by atoms with Crippen molar-refractivity contribution in [3.8, 4) is 0 Å². The minimum absolute atomic E-state index is 0.0651. The number of anilines is 1. The number of benzene rings is 1. The van der Waals surface area contributed by atoms with Gasteiger partial charge in [0.05, 0.1) is 7.05 Å². The van der Waals surface area contributed by atoms with E-state index in [9.17, 15) is 14.4 Å². The van der Waals surface area contributed by atoms with E-state index in [2.05, 4.69) is 16.0 Å². The predicted octanol–water partition coefficient (Wildman–Crippen LogP) is 1.24. The Morgan fingerprint density at radius 3 is 2.03 bits per heavy atom. The van der Waals surface area contributed by atoms with Gasteiger partial charge in [-0.1, -0.05) is 17.7 Å². The molecule has 30 heavy (non-hydrogen) atoms. The van der Waals surface area contributed by atoms with Gasteiger partial charge in [0.15, 0.2) is 13.1 Å². The highest BCUT2D eigenvalue weighted by Crippen LogP contribution is 2.55. The van der Waals surface area contributed by atoms with E-state index in [0.29, 0.717) is 0 Å². The SMILES string of the molecule is Cc1ccc(NC(=O)C[NH+](C)CC(=O)NC(=O)NC23CC4CC(CC(C4)C2)C3)cc1. The van der Waals surface area contributed by atoms with Crippen LogP contribution >= 0.6 is 0 Å². The zero-order chi connectivity index (χ0) is 21.3. The molecule has 5 rings (SSSR count). The van der Waals surface area contributed by atoms with E-state index in [4.69, 9.17) is 0 Å². The van der Waals surface area contributed by atoms with Gasteiger partial charge in [-0.25, -0.2) is 4.79 Å². The fourth-order valence-corrected chi connectivity index (χ4v) is 6.16. The molecule has 0 heterocycles. The van der Waals surface area contributed by atoms with Crippen molar-refractivity contribution in [3.05, 3.63) is 29.8 Å². The topological polar surface area (TPSA) is 91.7 Å². The second kappa shape index (κ2) is 8.38. The van der Waals surface area contributed by atoms with Crippen LogP contribution in [0.15, 0.2) is 24.3 Å². The smallest absolute Gasteiger partial charge is 0.322 e. The van der Waals surface area contributed by atoms with Crippen LogP contribution < -0.4 is 20.9 Å². The molecular weight excluding hydrogens is 380 g/mol. The third kappa shape index (κ3) is 5.01. The van der Waals surface area contributed by atoms with Crippen LogP contribution in [0.4, 0.5) is 10.5 Å². The Morgan fingerprint density at radius 1 is 0.933 bits per heavy atom. The summed E-state index contributed by atoms with van der Waals surface area (Å²) in [4.78, 5) is 37.7. The highest BCUT2D eigenvalue weighted by atomic mass is 16.2. The average Bonchev–Trinajstić information content (AvgIpc) is 2.61. The maximum atomic E-state index is 12.5. The molecule has 4 amide bonds. The van der Waals surface area contributed by atoms with Crippen LogP contribution in [-0.2, 0) is 9.59 Å². The molecule has 7 nitrogen and oxygen atoms in total. The molecule has 1 aromatic rings. The number of urea groups is 1. The van der Waals surface area contributed by atoms with Crippen LogP contribution in [0.25, 0.3) is 0 Å². The van der Waals surface area contributed by atoms with Crippen LogP contribution in [0.2, 0.25) is 0 Å². The summed E-state index contributed by atoms with van der Waals surface area (Å²) in [6, 6.07) is 7.18. The number of aryl methyl sites for hydroxylation is 1. The van der Waals surface area contributed by atoms with E-state index in [1.54, 1.807) is 7.05 Å². The number of carbonyl (C=O) groups excluding carboxylic acids is 3. The first kappa shape index (κ1) is 20.8. The van der Waals surface area contributed by atoms with Crippen LogP contribution in [0.5, 0.6) is 0 Å². The predicted molar refractivity (Wildman–Crippen MR) is 114 cm³/mol. The molecular formula is C23H33N4O3+. The van der Waals surface area contributed by atoms with Crippen molar-refractivity contribution in [2.24, 2.45) is 17.8 Å².